The zero-order valence-electron chi connectivity index (χ0n) is 16.5. The van der Waals surface area contributed by atoms with E-state index in [9.17, 15) is 0 Å². The standard InChI is InChI=1S/C25H28/c1-15-8-11-24(20(6)18(15)4)22-10-13-23(17(3)14-22)25-12-9-16(2)19(5)21(25)7/h8-14H,1-7H3. The average molecular weight is 328 g/mol. The van der Waals surface area contributed by atoms with E-state index in [4.69, 9.17) is 0 Å². The molecule has 0 radical (unpaired) electrons. The van der Waals surface area contributed by atoms with E-state index >= 15 is 0 Å². The van der Waals surface area contributed by atoms with Gasteiger partial charge in [-0.1, -0.05) is 42.5 Å². The largest absolute Gasteiger partial charge is 0.0584 e. The Morgan fingerprint density at radius 1 is 0.400 bits per heavy atom. The van der Waals surface area contributed by atoms with Crippen molar-refractivity contribution in [2.24, 2.45) is 0 Å². The normalized spacial score (nSPS) is 11.0. The number of aryl methyl sites for hydroxylation is 3. The molecule has 0 heterocycles. The summed E-state index contributed by atoms with van der Waals surface area (Å²) in [7, 11) is 0. The molecule has 25 heavy (non-hydrogen) atoms. The van der Waals surface area contributed by atoms with Crippen LogP contribution in [0.2, 0.25) is 0 Å². The first-order chi connectivity index (χ1) is 11.8. The van der Waals surface area contributed by atoms with E-state index in [0.717, 1.165) is 0 Å². The summed E-state index contributed by atoms with van der Waals surface area (Å²) in [6.07, 6.45) is 0. The van der Waals surface area contributed by atoms with Crippen LogP contribution in [0.15, 0.2) is 42.5 Å². The highest BCUT2D eigenvalue weighted by molar-refractivity contribution is 5.77. The molecule has 3 rings (SSSR count). The molecule has 0 atom stereocenters. The molecule has 0 fully saturated rings. The van der Waals surface area contributed by atoms with Crippen LogP contribution in [-0.2, 0) is 0 Å². The van der Waals surface area contributed by atoms with Crippen LogP contribution in [0.3, 0.4) is 0 Å². The van der Waals surface area contributed by atoms with Crippen molar-refractivity contribution in [2.75, 3.05) is 0 Å². The second-order valence-corrected chi connectivity index (χ2v) is 7.39. The number of hydrogen-bond acceptors (Lipinski definition) is 0. The molecule has 128 valence electrons. The third-order valence-corrected chi connectivity index (χ3v) is 5.94. The fraction of sp³-hybridized carbons (Fsp3) is 0.280. The van der Waals surface area contributed by atoms with Crippen molar-refractivity contribution >= 4 is 0 Å². The molecular formula is C25H28. The molecule has 0 unspecified atom stereocenters. The van der Waals surface area contributed by atoms with Gasteiger partial charge in [-0.3, -0.25) is 0 Å². The maximum absolute atomic E-state index is 2.33. The summed E-state index contributed by atoms with van der Waals surface area (Å²) < 4.78 is 0. The Morgan fingerprint density at radius 2 is 0.880 bits per heavy atom. The fourth-order valence-corrected chi connectivity index (χ4v) is 3.65. The van der Waals surface area contributed by atoms with Crippen LogP contribution < -0.4 is 0 Å². The predicted molar refractivity (Wildman–Crippen MR) is 110 cm³/mol. The van der Waals surface area contributed by atoms with E-state index in [2.05, 4.69) is 90.9 Å². The molecule has 0 aliphatic heterocycles. The maximum Gasteiger partial charge on any atom is -0.0149 e. The van der Waals surface area contributed by atoms with Gasteiger partial charge < -0.3 is 0 Å². The van der Waals surface area contributed by atoms with Crippen molar-refractivity contribution in [3.8, 4) is 22.3 Å². The third kappa shape index (κ3) is 3.02. The van der Waals surface area contributed by atoms with E-state index < -0.39 is 0 Å². The van der Waals surface area contributed by atoms with E-state index in [1.165, 1.54) is 61.2 Å². The topological polar surface area (TPSA) is 0 Å². The fourth-order valence-electron chi connectivity index (χ4n) is 3.65. The Morgan fingerprint density at radius 3 is 1.44 bits per heavy atom. The average Bonchev–Trinajstić information content (AvgIpc) is 2.58. The lowest BCUT2D eigenvalue weighted by atomic mass is 9.88. The van der Waals surface area contributed by atoms with Gasteiger partial charge >= 0.3 is 0 Å². The second-order valence-electron chi connectivity index (χ2n) is 7.39. The Bertz CT molecular complexity index is 958. The molecule has 0 aromatic heterocycles. The van der Waals surface area contributed by atoms with Gasteiger partial charge in [0.15, 0.2) is 0 Å². The SMILES string of the molecule is Cc1cc(-c2ccc(C)c(C)c2C)ccc1-c1ccc(C)c(C)c1C. The molecule has 0 aliphatic carbocycles. The van der Waals surface area contributed by atoms with Gasteiger partial charge in [-0.15, -0.1) is 0 Å². The molecule has 3 aromatic carbocycles. The summed E-state index contributed by atoms with van der Waals surface area (Å²) in [5.41, 5.74) is 15.0. The lowest BCUT2D eigenvalue weighted by Gasteiger charge is -2.16. The molecule has 3 aromatic rings. The number of rotatable bonds is 2. The number of hydrogen-bond donors (Lipinski definition) is 0. The first-order valence-electron chi connectivity index (χ1n) is 9.06. The summed E-state index contributed by atoms with van der Waals surface area (Å²) >= 11 is 0. The molecule has 0 saturated carbocycles. The summed E-state index contributed by atoms with van der Waals surface area (Å²) in [5.74, 6) is 0. The molecule has 0 aliphatic rings. The predicted octanol–water partition coefficient (Wildman–Crippen LogP) is 7.18. The Kier molecular flexibility index (Phi) is 4.56. The van der Waals surface area contributed by atoms with Gasteiger partial charge in [0.1, 0.15) is 0 Å². The van der Waals surface area contributed by atoms with Gasteiger partial charge in [-0.05, 0) is 110 Å². The highest BCUT2D eigenvalue weighted by Gasteiger charge is 2.11. The maximum atomic E-state index is 2.33. The zero-order valence-corrected chi connectivity index (χ0v) is 16.5. The van der Waals surface area contributed by atoms with Gasteiger partial charge in [0.2, 0.25) is 0 Å². The summed E-state index contributed by atoms with van der Waals surface area (Å²) in [5, 5.41) is 0. The van der Waals surface area contributed by atoms with Crippen molar-refractivity contribution in [1.82, 2.24) is 0 Å². The molecule has 0 N–H and O–H groups in total. The monoisotopic (exact) mass is 328 g/mol. The summed E-state index contributed by atoms with van der Waals surface area (Å²) in [6, 6.07) is 15.9. The van der Waals surface area contributed by atoms with E-state index in [1.54, 1.807) is 0 Å². The van der Waals surface area contributed by atoms with Gasteiger partial charge in [0.05, 0.1) is 0 Å². The Labute approximate surface area is 152 Å². The quantitative estimate of drug-likeness (QED) is 0.467. The van der Waals surface area contributed by atoms with Crippen LogP contribution in [0, 0.1) is 48.5 Å². The minimum absolute atomic E-state index is 1.31. The van der Waals surface area contributed by atoms with Crippen LogP contribution in [0.5, 0.6) is 0 Å². The van der Waals surface area contributed by atoms with E-state index in [1.807, 2.05) is 0 Å². The Hall–Kier alpha value is -2.34. The summed E-state index contributed by atoms with van der Waals surface area (Å²) in [4.78, 5) is 0. The minimum atomic E-state index is 1.31. The molecule has 0 amide bonds. The molecular weight excluding hydrogens is 300 g/mol. The molecule has 0 saturated heterocycles. The van der Waals surface area contributed by atoms with Crippen LogP contribution in [-0.4, -0.2) is 0 Å². The molecule has 0 bridgehead atoms. The van der Waals surface area contributed by atoms with Crippen molar-refractivity contribution in [1.29, 1.82) is 0 Å². The first-order valence-corrected chi connectivity index (χ1v) is 9.06. The molecule has 0 heteroatoms. The van der Waals surface area contributed by atoms with Crippen LogP contribution in [0.4, 0.5) is 0 Å². The highest BCUT2D eigenvalue weighted by Crippen LogP contribution is 2.34. The van der Waals surface area contributed by atoms with E-state index in [0.29, 0.717) is 0 Å². The first kappa shape index (κ1) is 17.5. The lowest BCUT2D eigenvalue weighted by molar-refractivity contribution is 1.26. The minimum Gasteiger partial charge on any atom is -0.0584 e. The lowest BCUT2D eigenvalue weighted by Crippen LogP contribution is -1.94. The number of benzene rings is 3. The van der Waals surface area contributed by atoms with Gasteiger partial charge in [-0.25, -0.2) is 0 Å². The van der Waals surface area contributed by atoms with Gasteiger partial charge in [-0.2, -0.15) is 0 Å². The van der Waals surface area contributed by atoms with Gasteiger partial charge in [0.25, 0.3) is 0 Å². The van der Waals surface area contributed by atoms with Crippen molar-refractivity contribution < 1.29 is 0 Å². The van der Waals surface area contributed by atoms with Crippen molar-refractivity contribution in [2.45, 2.75) is 48.5 Å². The zero-order chi connectivity index (χ0) is 18.3. The van der Waals surface area contributed by atoms with Gasteiger partial charge in [0, 0.05) is 0 Å². The van der Waals surface area contributed by atoms with Crippen LogP contribution in [0.1, 0.15) is 38.9 Å². The van der Waals surface area contributed by atoms with Crippen LogP contribution in [0.25, 0.3) is 22.3 Å². The summed E-state index contributed by atoms with van der Waals surface area (Å²) in [6.45, 7) is 15.5. The molecule has 0 nitrogen and oxygen atoms in total. The van der Waals surface area contributed by atoms with Crippen LogP contribution >= 0.6 is 0 Å². The smallest absolute Gasteiger partial charge is 0.0149 e. The van der Waals surface area contributed by atoms with Crippen molar-refractivity contribution in [3.05, 3.63) is 81.4 Å². The Balaban J connectivity index is 2.12. The van der Waals surface area contributed by atoms with E-state index in [-0.39, 0.29) is 0 Å². The highest BCUT2D eigenvalue weighted by atomic mass is 14.2. The molecule has 0 spiro atoms. The second kappa shape index (κ2) is 6.52. The third-order valence-electron chi connectivity index (χ3n) is 5.94. The van der Waals surface area contributed by atoms with Crippen molar-refractivity contribution in [3.63, 3.8) is 0 Å².